The minimum atomic E-state index is -2.17. The highest BCUT2D eigenvalue weighted by molar-refractivity contribution is 6.74. The van der Waals surface area contributed by atoms with E-state index in [0.717, 1.165) is 24.0 Å². The van der Waals surface area contributed by atoms with Crippen molar-refractivity contribution in [3.8, 4) is 0 Å². The molecule has 1 aromatic heterocycles. The molecule has 1 amide bonds. The zero-order chi connectivity index (χ0) is 23.7. The molecule has 0 radical (unpaired) electrons. The predicted octanol–water partition coefficient (Wildman–Crippen LogP) is 5.06. The number of amides is 1. The maximum Gasteiger partial charge on any atom is 0.407 e. The third-order valence-electron chi connectivity index (χ3n) is 6.98. The van der Waals surface area contributed by atoms with Crippen molar-refractivity contribution in [1.29, 1.82) is 0 Å². The molecule has 0 aliphatic carbocycles. The molecule has 3 atom stereocenters. The van der Waals surface area contributed by atoms with E-state index in [2.05, 4.69) is 38.8 Å². The summed E-state index contributed by atoms with van der Waals surface area (Å²) >= 11 is 0. The van der Waals surface area contributed by atoms with E-state index in [4.69, 9.17) is 15.9 Å². The highest BCUT2D eigenvalue weighted by atomic mass is 28.4. The Balaban J connectivity index is 1.93. The first-order chi connectivity index (χ1) is 14.9. The molecule has 0 bridgehead atoms. The van der Waals surface area contributed by atoms with Crippen LogP contribution in [0.1, 0.15) is 50.8 Å². The molecule has 0 saturated carbocycles. The Morgan fingerprint density at radius 1 is 1.25 bits per heavy atom. The van der Waals surface area contributed by atoms with Gasteiger partial charge in [0.2, 0.25) is 0 Å². The Morgan fingerprint density at radius 3 is 2.53 bits per heavy atom. The first kappa shape index (κ1) is 24.1. The summed E-state index contributed by atoms with van der Waals surface area (Å²) in [7, 11) is -2.17. The molecule has 1 aliphatic rings. The molecule has 5 N–H and O–H groups in total. The lowest BCUT2D eigenvalue weighted by Crippen LogP contribution is -2.49. The summed E-state index contributed by atoms with van der Waals surface area (Å²) in [4.78, 5) is 18.3. The molecule has 1 aliphatic heterocycles. The largest absolute Gasteiger partial charge is 0.465 e. The van der Waals surface area contributed by atoms with Crippen molar-refractivity contribution in [3.05, 3.63) is 53.9 Å². The number of carbonyl (C=O) groups is 1. The van der Waals surface area contributed by atoms with Crippen LogP contribution in [-0.4, -0.2) is 41.5 Å². The number of nitrogens with two attached hydrogens (primary N) is 2. The average Bonchev–Trinajstić information content (AvgIpc) is 3.12. The van der Waals surface area contributed by atoms with E-state index in [-0.39, 0.29) is 23.2 Å². The van der Waals surface area contributed by atoms with Gasteiger partial charge in [0.15, 0.2) is 8.32 Å². The molecule has 0 unspecified atom stereocenters. The van der Waals surface area contributed by atoms with Gasteiger partial charge in [-0.2, -0.15) is 0 Å². The van der Waals surface area contributed by atoms with E-state index in [1.54, 1.807) is 23.4 Å². The molecule has 0 spiro atoms. The number of rotatable bonds is 6. The van der Waals surface area contributed by atoms with E-state index >= 15 is 0 Å². The highest BCUT2D eigenvalue weighted by Gasteiger charge is 2.46. The Labute approximate surface area is 191 Å². The second-order valence-electron chi connectivity index (χ2n) is 10.2. The van der Waals surface area contributed by atoms with Crippen LogP contribution in [0.5, 0.6) is 0 Å². The maximum atomic E-state index is 12.5. The average molecular weight is 457 g/mol. The van der Waals surface area contributed by atoms with Crippen molar-refractivity contribution >= 4 is 25.8 Å². The predicted molar refractivity (Wildman–Crippen MR) is 131 cm³/mol. The zero-order valence-electron chi connectivity index (χ0n) is 19.7. The highest BCUT2D eigenvalue weighted by Crippen LogP contribution is 2.44. The van der Waals surface area contributed by atoms with E-state index in [1.807, 2.05) is 24.3 Å². The van der Waals surface area contributed by atoms with Crippen molar-refractivity contribution in [2.24, 2.45) is 0 Å². The Bertz CT molecular complexity index is 946. The fourth-order valence-corrected chi connectivity index (χ4v) is 5.42. The van der Waals surface area contributed by atoms with Crippen molar-refractivity contribution in [2.45, 2.75) is 76.4 Å². The number of hydrogen-bond donors (Lipinski definition) is 3. The summed E-state index contributed by atoms with van der Waals surface area (Å²) < 4.78 is 6.84. The third kappa shape index (κ3) is 5.07. The number of pyridine rings is 1. The van der Waals surface area contributed by atoms with Gasteiger partial charge in [-0.25, -0.2) is 4.79 Å². The fourth-order valence-electron chi connectivity index (χ4n) is 4.14. The van der Waals surface area contributed by atoms with E-state index in [1.165, 1.54) is 0 Å². The van der Waals surface area contributed by atoms with Gasteiger partial charge in [-0.1, -0.05) is 32.9 Å². The molecule has 1 aromatic carbocycles. The zero-order valence-corrected chi connectivity index (χ0v) is 20.7. The molecule has 8 heteroatoms. The molecule has 1 saturated heterocycles. The van der Waals surface area contributed by atoms with Crippen LogP contribution in [0, 0.1) is 0 Å². The van der Waals surface area contributed by atoms with Gasteiger partial charge >= 0.3 is 6.09 Å². The number of hydrogen-bond acceptors (Lipinski definition) is 5. The van der Waals surface area contributed by atoms with Crippen molar-refractivity contribution in [1.82, 2.24) is 9.88 Å². The van der Waals surface area contributed by atoms with Crippen LogP contribution in [0.4, 0.5) is 16.2 Å². The van der Waals surface area contributed by atoms with Gasteiger partial charge in [0.25, 0.3) is 0 Å². The number of nitrogens with zero attached hydrogens (tertiary/aromatic N) is 2. The monoisotopic (exact) mass is 456 g/mol. The lowest BCUT2D eigenvalue weighted by Gasteiger charge is -2.42. The van der Waals surface area contributed by atoms with Crippen molar-refractivity contribution in [3.63, 3.8) is 0 Å². The molecule has 3 rings (SSSR count). The number of benzene rings is 1. The first-order valence-electron chi connectivity index (χ1n) is 11.1. The van der Waals surface area contributed by atoms with Gasteiger partial charge < -0.3 is 21.0 Å². The van der Waals surface area contributed by atoms with Gasteiger partial charge in [-0.15, -0.1) is 0 Å². The Hall–Kier alpha value is -2.58. The molecule has 2 aromatic rings. The van der Waals surface area contributed by atoms with Gasteiger partial charge in [0, 0.05) is 18.4 Å². The van der Waals surface area contributed by atoms with Crippen molar-refractivity contribution in [2.75, 3.05) is 11.5 Å². The Morgan fingerprint density at radius 2 is 1.97 bits per heavy atom. The molecule has 7 nitrogen and oxygen atoms in total. The molecule has 32 heavy (non-hydrogen) atoms. The number of anilines is 2. The Kier molecular flexibility index (Phi) is 6.85. The summed E-state index contributed by atoms with van der Waals surface area (Å²) in [6.45, 7) is 11.0. The van der Waals surface area contributed by atoms with Gasteiger partial charge in [0.05, 0.1) is 23.5 Å². The number of aromatic nitrogens is 1. The van der Waals surface area contributed by atoms with E-state index < -0.39 is 14.4 Å². The fraction of sp³-hybridized carbons (Fsp3) is 0.500. The van der Waals surface area contributed by atoms with Crippen LogP contribution < -0.4 is 11.5 Å². The topological polar surface area (TPSA) is 115 Å². The summed E-state index contributed by atoms with van der Waals surface area (Å²) in [6.07, 6.45) is 4.33. The summed E-state index contributed by atoms with van der Waals surface area (Å²) in [5.41, 5.74) is 14.8. The van der Waals surface area contributed by atoms with Crippen LogP contribution in [0.2, 0.25) is 18.1 Å². The van der Waals surface area contributed by atoms with Gasteiger partial charge in [-0.05, 0) is 66.7 Å². The van der Waals surface area contributed by atoms with Gasteiger partial charge in [0.1, 0.15) is 0 Å². The van der Waals surface area contributed by atoms with Crippen LogP contribution in [0.15, 0.2) is 42.7 Å². The quantitative estimate of drug-likeness (QED) is 0.413. The van der Waals surface area contributed by atoms with Crippen LogP contribution >= 0.6 is 0 Å². The molecule has 1 fully saturated rings. The maximum absolute atomic E-state index is 12.5. The van der Waals surface area contributed by atoms with Crippen LogP contribution in [-0.2, 0) is 10.8 Å². The van der Waals surface area contributed by atoms with Gasteiger partial charge in [-0.3, -0.25) is 9.88 Å². The van der Waals surface area contributed by atoms with E-state index in [0.29, 0.717) is 17.8 Å². The summed E-state index contributed by atoms with van der Waals surface area (Å²) in [5, 5.41) is 10.2. The summed E-state index contributed by atoms with van der Waals surface area (Å²) in [6, 6.07) is 8.98. The second-order valence-corrected chi connectivity index (χ2v) is 15.0. The van der Waals surface area contributed by atoms with Crippen LogP contribution in [0.3, 0.4) is 0 Å². The molecular weight excluding hydrogens is 420 g/mol. The normalized spacial score (nSPS) is 20.3. The standard InChI is InChI=1S/C24H36N4O3Si/c1-24(2,3)32(4,5)31-22(17-7-6-12-27-15-17)21-11-9-18(28(21)23(29)30)13-16-8-10-19(25)20(26)14-16/h6-8,10,12,14-15,18,21-22H,9,11,13,25-26H2,1-5H3,(H,29,30)/t18-,21+,22+/m0/s1. The minimum Gasteiger partial charge on any atom is -0.465 e. The number of likely N-dealkylation sites (tertiary alicyclic amines) is 1. The second kappa shape index (κ2) is 9.11. The summed E-state index contributed by atoms with van der Waals surface area (Å²) in [5.74, 6) is 0. The minimum absolute atomic E-state index is 0.00101. The number of carboxylic acid groups (broad SMARTS) is 1. The number of nitrogen functional groups attached to an aromatic ring is 2. The van der Waals surface area contributed by atoms with Crippen LogP contribution in [0.25, 0.3) is 0 Å². The van der Waals surface area contributed by atoms with Crippen molar-refractivity contribution < 1.29 is 14.3 Å². The molecule has 174 valence electrons. The SMILES string of the molecule is CC(C)(C)[Si](C)(C)O[C@H](c1cccnc1)[C@H]1CC[C@@H](Cc2ccc(N)c(N)c2)N1C(=O)O. The first-order valence-corrected chi connectivity index (χ1v) is 14.0. The lowest BCUT2D eigenvalue weighted by atomic mass is 10.0. The molecular formula is C24H36N4O3Si. The smallest absolute Gasteiger partial charge is 0.407 e. The van der Waals surface area contributed by atoms with E-state index in [9.17, 15) is 9.90 Å². The molecule has 2 heterocycles. The lowest BCUT2D eigenvalue weighted by molar-refractivity contribution is 0.0597. The third-order valence-corrected chi connectivity index (χ3v) is 11.4.